The summed E-state index contributed by atoms with van der Waals surface area (Å²) in [7, 11) is 0. The Hall–Kier alpha value is -3.45. The van der Waals surface area contributed by atoms with E-state index in [0.29, 0.717) is 18.1 Å². The molecule has 2 fully saturated rings. The lowest BCUT2D eigenvalue weighted by Gasteiger charge is -2.38. The highest BCUT2D eigenvalue weighted by molar-refractivity contribution is 5.68. The van der Waals surface area contributed by atoms with Crippen molar-refractivity contribution < 1.29 is 0 Å². The van der Waals surface area contributed by atoms with Crippen LogP contribution in [0.2, 0.25) is 0 Å². The number of rotatable bonds is 7. The van der Waals surface area contributed by atoms with Gasteiger partial charge in [-0.25, -0.2) is 15.0 Å². The molecule has 6 rings (SSSR count). The van der Waals surface area contributed by atoms with Crippen LogP contribution in [0.15, 0.2) is 67.1 Å². The number of benzene rings is 1. The summed E-state index contributed by atoms with van der Waals surface area (Å²) < 4.78 is 2.13. The molecule has 1 N–H and O–H groups in total. The number of hydrogen-bond donors (Lipinski definition) is 1. The van der Waals surface area contributed by atoms with E-state index in [1.807, 2.05) is 30.7 Å². The maximum atomic E-state index is 5.19. The van der Waals surface area contributed by atoms with E-state index in [4.69, 9.17) is 4.98 Å². The van der Waals surface area contributed by atoms with Crippen molar-refractivity contribution >= 4 is 17.4 Å². The van der Waals surface area contributed by atoms with Crippen molar-refractivity contribution in [2.24, 2.45) is 0 Å². The van der Waals surface area contributed by atoms with Crippen molar-refractivity contribution in [2.75, 3.05) is 23.3 Å². The quantitative estimate of drug-likeness (QED) is 0.412. The van der Waals surface area contributed by atoms with Gasteiger partial charge in [0.25, 0.3) is 0 Å². The third-order valence-corrected chi connectivity index (χ3v) is 7.79. The number of piperazine rings is 1. The highest BCUT2D eigenvalue weighted by Gasteiger charge is 2.45. The predicted molar refractivity (Wildman–Crippen MR) is 141 cm³/mol. The minimum absolute atomic E-state index is 0.158. The smallest absolute Gasteiger partial charge is 0.212 e. The molecule has 35 heavy (non-hydrogen) atoms. The van der Waals surface area contributed by atoms with Crippen LogP contribution in [-0.2, 0) is 0 Å². The molecule has 0 amide bonds. The molecule has 1 unspecified atom stereocenters. The molecule has 5 heterocycles. The topological polar surface area (TPSA) is 61.6 Å². The van der Waals surface area contributed by atoms with Crippen molar-refractivity contribution in [3.05, 3.63) is 72.7 Å². The van der Waals surface area contributed by atoms with Crippen molar-refractivity contribution in [1.82, 2.24) is 24.3 Å². The van der Waals surface area contributed by atoms with Gasteiger partial charge in [-0.1, -0.05) is 37.3 Å². The van der Waals surface area contributed by atoms with Gasteiger partial charge in [0, 0.05) is 67.5 Å². The van der Waals surface area contributed by atoms with E-state index in [1.54, 1.807) is 0 Å². The molecular formula is C28H33N7. The van der Waals surface area contributed by atoms with Crippen molar-refractivity contribution in [1.29, 1.82) is 0 Å². The molecule has 2 aliphatic heterocycles. The largest absolute Gasteiger partial charge is 0.364 e. The second kappa shape index (κ2) is 8.96. The molecule has 7 heteroatoms. The third-order valence-electron chi connectivity index (χ3n) is 7.79. The van der Waals surface area contributed by atoms with Crippen LogP contribution in [0.3, 0.4) is 0 Å². The van der Waals surface area contributed by atoms with Crippen LogP contribution in [0, 0.1) is 0 Å². The third kappa shape index (κ3) is 4.04. The molecule has 2 aliphatic rings. The van der Waals surface area contributed by atoms with Gasteiger partial charge in [-0.2, -0.15) is 0 Å². The summed E-state index contributed by atoms with van der Waals surface area (Å²) in [4.78, 5) is 19.6. The minimum Gasteiger partial charge on any atom is -0.364 e. The van der Waals surface area contributed by atoms with Crippen LogP contribution >= 0.6 is 0 Å². The predicted octanol–water partition coefficient (Wildman–Crippen LogP) is 5.03. The number of aromatic nitrogens is 4. The average Bonchev–Trinajstić information content (AvgIpc) is 3.64. The molecule has 180 valence electrons. The lowest BCUT2D eigenvalue weighted by molar-refractivity contribution is 0.175. The van der Waals surface area contributed by atoms with Gasteiger partial charge < -0.3 is 10.2 Å². The zero-order valence-electron chi connectivity index (χ0n) is 20.7. The van der Waals surface area contributed by atoms with E-state index in [2.05, 4.69) is 86.7 Å². The molecule has 2 bridgehead atoms. The molecule has 1 aromatic carbocycles. The number of anilines is 2. The van der Waals surface area contributed by atoms with E-state index in [0.717, 1.165) is 41.8 Å². The highest BCUT2D eigenvalue weighted by atomic mass is 15.4. The first-order valence-corrected chi connectivity index (χ1v) is 12.7. The zero-order chi connectivity index (χ0) is 23.9. The Labute approximate surface area is 206 Å². The van der Waals surface area contributed by atoms with Crippen molar-refractivity contribution in [2.45, 2.75) is 57.8 Å². The van der Waals surface area contributed by atoms with E-state index in [1.165, 1.54) is 18.4 Å². The first-order chi connectivity index (χ1) is 17.1. The molecule has 4 atom stereocenters. The maximum Gasteiger partial charge on any atom is 0.212 e. The Kier molecular flexibility index (Phi) is 5.65. The van der Waals surface area contributed by atoms with Crippen LogP contribution in [0.5, 0.6) is 0 Å². The molecule has 3 aromatic heterocycles. The number of fused-ring (bicyclic) bond motifs is 3. The monoisotopic (exact) mass is 467 g/mol. The Bertz CT molecular complexity index is 1320. The molecule has 2 saturated heterocycles. The SMILES string of the molecule is CC[C@H](C)N1C[C@@H]2C[C@H]1CN2c1nc(-c2ccnc(NC(C)c3ccccc3)c2)cc2nccn12. The van der Waals surface area contributed by atoms with E-state index in [-0.39, 0.29) is 6.04 Å². The summed E-state index contributed by atoms with van der Waals surface area (Å²) >= 11 is 0. The second-order valence-electron chi connectivity index (χ2n) is 9.95. The molecule has 0 spiro atoms. The molecule has 7 nitrogen and oxygen atoms in total. The normalized spacial score (nSPS) is 21.5. The zero-order valence-corrected chi connectivity index (χ0v) is 20.7. The van der Waals surface area contributed by atoms with Gasteiger partial charge in [-0.05, 0) is 44.4 Å². The molecular weight excluding hydrogens is 434 g/mol. The van der Waals surface area contributed by atoms with Gasteiger partial charge in [-0.3, -0.25) is 9.30 Å². The molecule has 0 radical (unpaired) electrons. The number of imidazole rings is 1. The van der Waals surface area contributed by atoms with E-state index >= 15 is 0 Å². The van der Waals surface area contributed by atoms with Crippen LogP contribution in [-0.4, -0.2) is 55.5 Å². The van der Waals surface area contributed by atoms with Gasteiger partial charge in [0.2, 0.25) is 5.95 Å². The summed E-state index contributed by atoms with van der Waals surface area (Å²) in [6, 6.07) is 18.5. The van der Waals surface area contributed by atoms with Crippen molar-refractivity contribution in [3.63, 3.8) is 0 Å². The molecule has 4 aromatic rings. The van der Waals surface area contributed by atoms with Gasteiger partial charge in [0.15, 0.2) is 0 Å². The Balaban J connectivity index is 1.30. The number of hydrogen-bond acceptors (Lipinski definition) is 6. The fourth-order valence-corrected chi connectivity index (χ4v) is 5.69. The fraction of sp³-hybridized carbons (Fsp3) is 0.393. The van der Waals surface area contributed by atoms with Crippen LogP contribution in [0.4, 0.5) is 11.8 Å². The lowest BCUT2D eigenvalue weighted by Crippen LogP contribution is -2.50. The Morgan fingerprint density at radius 2 is 1.86 bits per heavy atom. The number of nitrogens with zero attached hydrogens (tertiary/aromatic N) is 6. The van der Waals surface area contributed by atoms with Crippen LogP contribution in [0.1, 0.15) is 45.2 Å². The van der Waals surface area contributed by atoms with Crippen molar-refractivity contribution in [3.8, 4) is 11.3 Å². The summed E-state index contributed by atoms with van der Waals surface area (Å²) in [6.07, 6.45) is 8.16. The summed E-state index contributed by atoms with van der Waals surface area (Å²) in [5, 5.41) is 3.54. The summed E-state index contributed by atoms with van der Waals surface area (Å²) in [5.74, 6) is 1.84. The average molecular weight is 468 g/mol. The number of nitrogens with one attached hydrogen (secondary N) is 1. The Morgan fingerprint density at radius 3 is 2.63 bits per heavy atom. The van der Waals surface area contributed by atoms with E-state index < -0.39 is 0 Å². The van der Waals surface area contributed by atoms with Crippen LogP contribution in [0.25, 0.3) is 16.9 Å². The minimum atomic E-state index is 0.158. The first-order valence-electron chi connectivity index (χ1n) is 12.7. The summed E-state index contributed by atoms with van der Waals surface area (Å²) in [5.41, 5.74) is 4.13. The summed E-state index contributed by atoms with van der Waals surface area (Å²) in [6.45, 7) is 8.93. The van der Waals surface area contributed by atoms with Crippen LogP contribution < -0.4 is 10.2 Å². The molecule has 0 saturated carbocycles. The highest BCUT2D eigenvalue weighted by Crippen LogP contribution is 2.36. The maximum absolute atomic E-state index is 5.19. The molecule has 0 aliphatic carbocycles. The number of likely N-dealkylation sites (tertiary alicyclic amines) is 1. The lowest BCUT2D eigenvalue weighted by atomic mass is 10.1. The van der Waals surface area contributed by atoms with Gasteiger partial charge >= 0.3 is 0 Å². The van der Waals surface area contributed by atoms with Gasteiger partial charge in [0.05, 0.1) is 5.69 Å². The fourth-order valence-electron chi connectivity index (χ4n) is 5.69. The van der Waals surface area contributed by atoms with Gasteiger partial charge in [-0.15, -0.1) is 0 Å². The standard InChI is InChI=1S/C28H33N7/c1-4-19(2)34-17-24-15-23(34)18-35(24)28-32-25(16-27-30-12-13-33(27)28)22-10-11-29-26(14-22)31-20(3)21-8-6-5-7-9-21/h5-14,16,19-20,23-24H,4,15,17-18H2,1-3H3,(H,29,31)/t19-,20?,23-,24-/m0/s1. The first kappa shape index (κ1) is 22.0. The van der Waals surface area contributed by atoms with Gasteiger partial charge in [0.1, 0.15) is 11.5 Å². The second-order valence-corrected chi connectivity index (χ2v) is 9.95. The van der Waals surface area contributed by atoms with E-state index in [9.17, 15) is 0 Å². The number of pyridine rings is 1. The Morgan fingerprint density at radius 1 is 1.00 bits per heavy atom.